The van der Waals surface area contributed by atoms with Crippen LogP contribution in [0.1, 0.15) is 64.4 Å². The lowest BCUT2D eigenvalue weighted by Gasteiger charge is -2.21. The highest BCUT2D eigenvalue weighted by molar-refractivity contribution is 5.51. The number of rotatable bonds is 9. The molecule has 0 spiro atoms. The van der Waals surface area contributed by atoms with Crippen LogP contribution in [0.5, 0.6) is 0 Å². The van der Waals surface area contributed by atoms with E-state index in [1.807, 2.05) is 0 Å². The van der Waals surface area contributed by atoms with Crippen molar-refractivity contribution in [1.29, 1.82) is 0 Å². The van der Waals surface area contributed by atoms with Gasteiger partial charge in [-0.2, -0.15) is 0 Å². The van der Waals surface area contributed by atoms with Crippen molar-refractivity contribution in [2.75, 3.05) is 18.4 Å². The fourth-order valence-corrected chi connectivity index (χ4v) is 3.20. The van der Waals surface area contributed by atoms with E-state index < -0.39 is 0 Å². The minimum Gasteiger partial charge on any atom is -0.382 e. The lowest BCUT2D eigenvalue weighted by molar-refractivity contribution is 0.332. The van der Waals surface area contributed by atoms with Gasteiger partial charge >= 0.3 is 0 Å². The zero-order valence-corrected chi connectivity index (χ0v) is 13.9. The highest BCUT2D eigenvalue weighted by Gasteiger charge is 2.14. The molecule has 0 radical (unpaired) electrons. The summed E-state index contributed by atoms with van der Waals surface area (Å²) in [5.41, 5.74) is 2.80. The molecule has 0 saturated carbocycles. The van der Waals surface area contributed by atoms with Crippen LogP contribution < -0.4 is 5.32 Å². The third-order valence-electron chi connectivity index (χ3n) is 4.50. The number of unbranched alkanes of at least 4 members (excludes halogenated alkanes) is 3. The summed E-state index contributed by atoms with van der Waals surface area (Å²) in [6.07, 6.45) is 9.41. The zero-order valence-electron chi connectivity index (χ0n) is 13.9. The van der Waals surface area contributed by atoms with Crippen LogP contribution >= 0.6 is 0 Å². The summed E-state index contributed by atoms with van der Waals surface area (Å²) < 4.78 is 0. The van der Waals surface area contributed by atoms with Gasteiger partial charge in [-0.05, 0) is 50.9 Å². The molecule has 2 nitrogen and oxygen atoms in total. The molecule has 0 bridgehead atoms. The number of anilines is 1. The second kappa shape index (κ2) is 9.09. The Bertz CT molecular complexity index is 396. The Morgan fingerprint density at radius 2 is 1.86 bits per heavy atom. The number of nitrogens with one attached hydrogen (secondary N) is 1. The van der Waals surface area contributed by atoms with Crippen LogP contribution in [-0.2, 0) is 6.54 Å². The molecule has 1 aliphatic heterocycles. The molecule has 0 aliphatic carbocycles. The van der Waals surface area contributed by atoms with Gasteiger partial charge < -0.3 is 5.32 Å². The first-order valence-electron chi connectivity index (χ1n) is 8.86. The van der Waals surface area contributed by atoms with Crippen molar-refractivity contribution < 1.29 is 0 Å². The van der Waals surface area contributed by atoms with Gasteiger partial charge in [-0.25, -0.2) is 0 Å². The molecule has 21 heavy (non-hydrogen) atoms. The monoisotopic (exact) mass is 288 g/mol. The van der Waals surface area contributed by atoms with Crippen molar-refractivity contribution in [2.24, 2.45) is 0 Å². The molecule has 1 saturated heterocycles. The van der Waals surface area contributed by atoms with Gasteiger partial charge in [0.2, 0.25) is 0 Å². The van der Waals surface area contributed by atoms with E-state index in [-0.39, 0.29) is 0 Å². The smallest absolute Gasteiger partial charge is 0.0387 e. The van der Waals surface area contributed by atoms with E-state index in [1.54, 1.807) is 0 Å². The SMILES string of the molecule is CCCCCCC(C)Nc1ccccc1CN1CCCC1. The first-order valence-corrected chi connectivity index (χ1v) is 8.86. The number of hydrogen-bond donors (Lipinski definition) is 1. The molecule has 2 rings (SSSR count). The largest absolute Gasteiger partial charge is 0.382 e. The molecule has 2 heteroatoms. The summed E-state index contributed by atoms with van der Waals surface area (Å²) in [5, 5.41) is 3.73. The Balaban J connectivity index is 1.83. The van der Waals surface area contributed by atoms with Crippen LogP contribution in [0.3, 0.4) is 0 Å². The third kappa shape index (κ3) is 5.70. The molecule has 0 amide bonds. The lowest BCUT2D eigenvalue weighted by Crippen LogP contribution is -2.21. The van der Waals surface area contributed by atoms with Gasteiger partial charge in [-0.3, -0.25) is 4.90 Å². The van der Waals surface area contributed by atoms with E-state index in [9.17, 15) is 0 Å². The zero-order chi connectivity index (χ0) is 14.9. The second-order valence-corrected chi connectivity index (χ2v) is 6.54. The fraction of sp³-hybridized carbons (Fsp3) is 0.684. The Kier molecular flexibility index (Phi) is 7.08. The topological polar surface area (TPSA) is 15.3 Å². The van der Waals surface area contributed by atoms with Crippen LogP contribution in [-0.4, -0.2) is 24.0 Å². The molecular formula is C19H32N2. The molecule has 1 aromatic carbocycles. The highest BCUT2D eigenvalue weighted by atomic mass is 15.1. The number of likely N-dealkylation sites (tertiary alicyclic amines) is 1. The molecule has 1 aromatic rings. The van der Waals surface area contributed by atoms with E-state index in [1.165, 1.54) is 69.3 Å². The van der Waals surface area contributed by atoms with Gasteiger partial charge in [0.1, 0.15) is 0 Å². The molecule has 118 valence electrons. The fourth-order valence-electron chi connectivity index (χ4n) is 3.20. The molecular weight excluding hydrogens is 256 g/mol. The van der Waals surface area contributed by atoms with Crippen molar-refractivity contribution in [1.82, 2.24) is 4.90 Å². The van der Waals surface area contributed by atoms with Gasteiger partial charge in [0.05, 0.1) is 0 Å². The predicted octanol–water partition coefficient (Wildman–Crippen LogP) is 5.05. The number of nitrogens with zero attached hydrogens (tertiary/aromatic N) is 1. The summed E-state index contributed by atoms with van der Waals surface area (Å²) in [6, 6.07) is 9.42. The van der Waals surface area contributed by atoms with Gasteiger partial charge in [0.15, 0.2) is 0 Å². The minimum absolute atomic E-state index is 0.571. The van der Waals surface area contributed by atoms with Crippen molar-refractivity contribution >= 4 is 5.69 Å². The van der Waals surface area contributed by atoms with Gasteiger partial charge in [0, 0.05) is 18.3 Å². The third-order valence-corrected chi connectivity index (χ3v) is 4.50. The van der Waals surface area contributed by atoms with E-state index >= 15 is 0 Å². The molecule has 1 unspecified atom stereocenters. The van der Waals surface area contributed by atoms with Gasteiger partial charge in [0.25, 0.3) is 0 Å². The van der Waals surface area contributed by atoms with Crippen LogP contribution in [0, 0.1) is 0 Å². The summed E-state index contributed by atoms with van der Waals surface area (Å²) in [7, 11) is 0. The van der Waals surface area contributed by atoms with Gasteiger partial charge in [-0.1, -0.05) is 50.8 Å². The van der Waals surface area contributed by atoms with Gasteiger partial charge in [-0.15, -0.1) is 0 Å². The highest BCUT2D eigenvalue weighted by Crippen LogP contribution is 2.21. The maximum absolute atomic E-state index is 3.73. The summed E-state index contributed by atoms with van der Waals surface area (Å²) >= 11 is 0. The Morgan fingerprint density at radius 1 is 1.10 bits per heavy atom. The molecule has 1 atom stereocenters. The minimum atomic E-state index is 0.571. The van der Waals surface area contributed by atoms with E-state index in [0.717, 1.165) is 6.54 Å². The van der Waals surface area contributed by atoms with Crippen LogP contribution in [0.25, 0.3) is 0 Å². The average Bonchev–Trinajstić information content (AvgIpc) is 2.99. The van der Waals surface area contributed by atoms with E-state index in [0.29, 0.717) is 6.04 Å². The first-order chi connectivity index (χ1) is 10.3. The normalized spacial score (nSPS) is 17.0. The van der Waals surface area contributed by atoms with Crippen molar-refractivity contribution in [3.63, 3.8) is 0 Å². The summed E-state index contributed by atoms with van der Waals surface area (Å²) in [6.45, 7) is 8.22. The standard InChI is InChI=1S/C19H32N2/c1-3-4-5-6-11-17(2)20-19-13-8-7-12-18(19)16-21-14-9-10-15-21/h7-8,12-13,17,20H,3-6,9-11,14-16H2,1-2H3. The van der Waals surface area contributed by atoms with E-state index in [4.69, 9.17) is 0 Å². The Morgan fingerprint density at radius 3 is 2.62 bits per heavy atom. The molecule has 1 N–H and O–H groups in total. The Labute approximate surface area is 130 Å². The summed E-state index contributed by atoms with van der Waals surface area (Å²) in [4.78, 5) is 2.58. The number of para-hydroxylation sites is 1. The second-order valence-electron chi connectivity index (χ2n) is 6.54. The molecule has 0 aromatic heterocycles. The van der Waals surface area contributed by atoms with Crippen LogP contribution in [0.4, 0.5) is 5.69 Å². The lowest BCUT2D eigenvalue weighted by atomic mass is 10.1. The molecule has 1 aliphatic rings. The average molecular weight is 288 g/mol. The number of benzene rings is 1. The summed E-state index contributed by atoms with van der Waals surface area (Å²) in [5.74, 6) is 0. The molecule has 1 fully saturated rings. The van der Waals surface area contributed by atoms with Crippen LogP contribution in [0.2, 0.25) is 0 Å². The quantitative estimate of drug-likeness (QED) is 0.639. The van der Waals surface area contributed by atoms with Crippen LogP contribution in [0.15, 0.2) is 24.3 Å². The van der Waals surface area contributed by atoms with Crippen molar-refractivity contribution in [3.05, 3.63) is 29.8 Å². The Hall–Kier alpha value is -1.02. The van der Waals surface area contributed by atoms with E-state index in [2.05, 4.69) is 48.3 Å². The first kappa shape index (κ1) is 16.4. The van der Waals surface area contributed by atoms with Crippen molar-refractivity contribution in [2.45, 2.75) is 71.4 Å². The predicted molar refractivity (Wildman–Crippen MR) is 92.8 cm³/mol. The maximum atomic E-state index is 3.73. The molecule has 1 heterocycles. The maximum Gasteiger partial charge on any atom is 0.0387 e. The number of hydrogen-bond acceptors (Lipinski definition) is 2. The van der Waals surface area contributed by atoms with Crippen molar-refractivity contribution in [3.8, 4) is 0 Å².